The van der Waals surface area contributed by atoms with E-state index >= 15 is 0 Å². The lowest BCUT2D eigenvalue weighted by molar-refractivity contribution is -0.145. The lowest BCUT2D eigenvalue weighted by Crippen LogP contribution is -2.46. The van der Waals surface area contributed by atoms with Crippen LogP contribution in [0.1, 0.15) is 16.9 Å². The summed E-state index contributed by atoms with van der Waals surface area (Å²) in [6.45, 7) is 1.33. The van der Waals surface area contributed by atoms with E-state index in [-0.39, 0.29) is 24.4 Å². The maximum Gasteiger partial charge on any atom is 0.308 e. The van der Waals surface area contributed by atoms with Crippen molar-refractivity contribution in [2.75, 3.05) is 26.8 Å². The predicted molar refractivity (Wildman–Crippen MR) is 65.5 cm³/mol. The molecule has 1 unspecified atom stereocenters. The molecule has 0 spiro atoms. The number of carbonyl (C=O) groups excluding carboxylic acids is 2. The predicted octanol–water partition coefficient (Wildman–Crippen LogP) is -0.176. The molecular formula is C12H17N3O4. The van der Waals surface area contributed by atoms with E-state index in [9.17, 15) is 9.59 Å². The zero-order valence-electron chi connectivity index (χ0n) is 11.0. The lowest BCUT2D eigenvalue weighted by atomic mass is 10.2. The summed E-state index contributed by atoms with van der Waals surface area (Å²) in [5.41, 5.74) is 0.527. The van der Waals surface area contributed by atoms with Gasteiger partial charge in [0.2, 0.25) is 0 Å². The van der Waals surface area contributed by atoms with Crippen LogP contribution in [0.15, 0.2) is 12.5 Å². The van der Waals surface area contributed by atoms with Crippen molar-refractivity contribution in [3.05, 3.63) is 18.2 Å². The third kappa shape index (κ3) is 3.11. The van der Waals surface area contributed by atoms with Crippen LogP contribution < -0.4 is 0 Å². The smallest absolute Gasteiger partial charge is 0.308 e. The molecule has 2 heterocycles. The Bertz CT molecular complexity index is 471. The maximum atomic E-state index is 12.3. The van der Waals surface area contributed by atoms with E-state index in [4.69, 9.17) is 4.74 Å². The highest BCUT2D eigenvalue weighted by Crippen LogP contribution is 2.12. The molecule has 0 N–H and O–H groups in total. The van der Waals surface area contributed by atoms with Crippen LogP contribution in [0.4, 0.5) is 0 Å². The molecule has 1 aliphatic rings. The molecule has 1 saturated heterocycles. The van der Waals surface area contributed by atoms with Crippen LogP contribution in [0.25, 0.3) is 0 Å². The van der Waals surface area contributed by atoms with Gasteiger partial charge in [0.1, 0.15) is 5.69 Å². The van der Waals surface area contributed by atoms with Gasteiger partial charge in [-0.15, -0.1) is 0 Å². The summed E-state index contributed by atoms with van der Waals surface area (Å²) in [5, 5.41) is 0. The van der Waals surface area contributed by atoms with Gasteiger partial charge in [-0.3, -0.25) is 9.59 Å². The van der Waals surface area contributed by atoms with E-state index in [2.05, 4.69) is 9.72 Å². The molecule has 1 amide bonds. The third-order valence-corrected chi connectivity index (χ3v) is 3.08. The molecule has 0 bridgehead atoms. The molecule has 104 valence electrons. The fraction of sp³-hybridized carbons (Fsp3) is 0.583. The van der Waals surface area contributed by atoms with E-state index in [1.54, 1.807) is 22.8 Å². The number of amides is 1. The van der Waals surface area contributed by atoms with Gasteiger partial charge in [-0.2, -0.15) is 0 Å². The van der Waals surface area contributed by atoms with Gasteiger partial charge in [-0.05, 0) is 0 Å². The highest BCUT2D eigenvalue weighted by molar-refractivity contribution is 5.92. The minimum absolute atomic E-state index is 0.0989. The highest BCUT2D eigenvalue weighted by Gasteiger charge is 2.27. The van der Waals surface area contributed by atoms with Gasteiger partial charge in [0, 0.05) is 20.1 Å². The number of imidazole rings is 1. The van der Waals surface area contributed by atoms with E-state index < -0.39 is 0 Å². The number of morpholine rings is 1. The Morgan fingerprint density at radius 2 is 2.37 bits per heavy atom. The summed E-state index contributed by atoms with van der Waals surface area (Å²) >= 11 is 0. The van der Waals surface area contributed by atoms with Crippen molar-refractivity contribution in [1.82, 2.24) is 14.5 Å². The first-order valence-corrected chi connectivity index (χ1v) is 6.06. The standard InChI is InChI=1S/C12H17N3O4/c1-14-8-13-6-10(14)12(17)15-3-4-19-9(7-15)5-11(16)18-2/h6,8-9H,3-5,7H2,1-2H3. The van der Waals surface area contributed by atoms with Gasteiger partial charge in [0.15, 0.2) is 0 Å². The van der Waals surface area contributed by atoms with Crippen molar-refractivity contribution in [3.8, 4) is 0 Å². The summed E-state index contributed by atoms with van der Waals surface area (Å²) in [7, 11) is 3.11. The van der Waals surface area contributed by atoms with Crippen molar-refractivity contribution >= 4 is 11.9 Å². The largest absolute Gasteiger partial charge is 0.469 e. The van der Waals surface area contributed by atoms with Crippen LogP contribution in [0.5, 0.6) is 0 Å². The Labute approximate surface area is 111 Å². The Hall–Kier alpha value is -1.89. The zero-order valence-corrected chi connectivity index (χ0v) is 11.0. The molecule has 7 nitrogen and oxygen atoms in total. The van der Waals surface area contributed by atoms with Crippen LogP contribution in [0, 0.1) is 0 Å². The molecule has 1 aliphatic heterocycles. The average Bonchev–Trinajstić information content (AvgIpc) is 2.84. The zero-order chi connectivity index (χ0) is 13.8. The van der Waals surface area contributed by atoms with Crippen molar-refractivity contribution in [1.29, 1.82) is 0 Å². The quantitative estimate of drug-likeness (QED) is 0.711. The molecule has 0 aliphatic carbocycles. The Morgan fingerprint density at radius 1 is 1.58 bits per heavy atom. The van der Waals surface area contributed by atoms with Crippen LogP contribution in [-0.2, 0) is 21.3 Å². The van der Waals surface area contributed by atoms with Crippen molar-refractivity contribution in [2.45, 2.75) is 12.5 Å². The molecule has 0 aromatic carbocycles. The minimum atomic E-state index is -0.333. The number of esters is 1. The summed E-state index contributed by atoms with van der Waals surface area (Å²) in [4.78, 5) is 29.1. The summed E-state index contributed by atoms with van der Waals surface area (Å²) in [6, 6.07) is 0. The van der Waals surface area contributed by atoms with Crippen LogP contribution in [-0.4, -0.2) is 59.2 Å². The molecular weight excluding hydrogens is 250 g/mol. The fourth-order valence-corrected chi connectivity index (χ4v) is 2.02. The average molecular weight is 267 g/mol. The van der Waals surface area contributed by atoms with Gasteiger partial charge in [-0.25, -0.2) is 4.98 Å². The van der Waals surface area contributed by atoms with Gasteiger partial charge >= 0.3 is 5.97 Å². The first-order valence-electron chi connectivity index (χ1n) is 6.06. The van der Waals surface area contributed by atoms with E-state index in [1.165, 1.54) is 13.3 Å². The Morgan fingerprint density at radius 3 is 3.00 bits per heavy atom. The number of aryl methyl sites for hydroxylation is 1. The Kier molecular flexibility index (Phi) is 4.16. The third-order valence-electron chi connectivity index (χ3n) is 3.08. The molecule has 1 aromatic heterocycles. The lowest BCUT2D eigenvalue weighted by Gasteiger charge is -2.32. The van der Waals surface area contributed by atoms with Gasteiger partial charge < -0.3 is 18.9 Å². The summed E-state index contributed by atoms with van der Waals surface area (Å²) in [5.74, 6) is -0.432. The number of hydrogen-bond acceptors (Lipinski definition) is 5. The summed E-state index contributed by atoms with van der Waals surface area (Å²) < 4.78 is 11.7. The van der Waals surface area contributed by atoms with Gasteiger partial charge in [0.25, 0.3) is 5.91 Å². The molecule has 1 aromatic rings. The number of nitrogens with zero attached hydrogens (tertiary/aromatic N) is 3. The minimum Gasteiger partial charge on any atom is -0.469 e. The molecule has 7 heteroatoms. The molecule has 1 atom stereocenters. The normalized spacial score (nSPS) is 19.3. The SMILES string of the molecule is COC(=O)CC1CN(C(=O)c2cncn2C)CCO1. The number of hydrogen-bond donors (Lipinski definition) is 0. The van der Waals surface area contributed by atoms with Gasteiger partial charge in [-0.1, -0.05) is 0 Å². The van der Waals surface area contributed by atoms with Crippen molar-refractivity contribution < 1.29 is 19.1 Å². The molecule has 1 fully saturated rings. The number of rotatable bonds is 3. The van der Waals surface area contributed by atoms with Crippen molar-refractivity contribution in [3.63, 3.8) is 0 Å². The van der Waals surface area contributed by atoms with Gasteiger partial charge in [0.05, 0.1) is 38.8 Å². The number of aromatic nitrogens is 2. The maximum absolute atomic E-state index is 12.3. The van der Waals surface area contributed by atoms with Crippen LogP contribution >= 0.6 is 0 Å². The molecule has 0 saturated carbocycles. The second-order valence-electron chi connectivity index (χ2n) is 4.41. The van der Waals surface area contributed by atoms with E-state index in [0.29, 0.717) is 25.4 Å². The fourth-order valence-electron chi connectivity index (χ4n) is 2.02. The second-order valence-corrected chi connectivity index (χ2v) is 4.41. The first-order chi connectivity index (χ1) is 9.11. The molecule has 2 rings (SSSR count). The Balaban J connectivity index is 1.99. The number of methoxy groups -OCH3 is 1. The number of ether oxygens (including phenoxy) is 2. The van der Waals surface area contributed by atoms with Crippen molar-refractivity contribution in [2.24, 2.45) is 7.05 Å². The van der Waals surface area contributed by atoms with Crippen LogP contribution in [0.3, 0.4) is 0 Å². The number of carbonyl (C=O) groups is 2. The summed E-state index contributed by atoms with van der Waals surface area (Å²) in [6.07, 6.45) is 2.97. The monoisotopic (exact) mass is 267 g/mol. The molecule has 19 heavy (non-hydrogen) atoms. The van der Waals surface area contributed by atoms with E-state index in [1.807, 2.05) is 0 Å². The second kappa shape index (κ2) is 5.83. The molecule has 0 radical (unpaired) electrons. The topological polar surface area (TPSA) is 73.7 Å². The van der Waals surface area contributed by atoms with E-state index in [0.717, 1.165) is 0 Å². The first kappa shape index (κ1) is 13.5. The highest BCUT2D eigenvalue weighted by atomic mass is 16.5. The van der Waals surface area contributed by atoms with Crippen LogP contribution in [0.2, 0.25) is 0 Å².